The third-order valence-electron chi connectivity index (χ3n) is 4.88. The lowest BCUT2D eigenvalue weighted by molar-refractivity contribution is -0.0120. The molecule has 1 unspecified atom stereocenters. The van der Waals surface area contributed by atoms with Crippen molar-refractivity contribution in [3.63, 3.8) is 0 Å². The summed E-state index contributed by atoms with van der Waals surface area (Å²) in [5, 5.41) is 6.98. The fraction of sp³-hybridized carbons (Fsp3) is 0.611. The maximum absolute atomic E-state index is 5.53. The van der Waals surface area contributed by atoms with Gasteiger partial charge in [-0.05, 0) is 17.7 Å². The Bertz CT molecular complexity index is 525. The molecule has 0 saturated carbocycles. The fourth-order valence-corrected chi connectivity index (χ4v) is 4.86. The first-order valence-corrected chi connectivity index (χ1v) is 9.87. The molecule has 2 aliphatic rings. The largest absolute Gasteiger partial charge is 0.379 e. The molecule has 2 saturated heterocycles. The highest BCUT2D eigenvalue weighted by molar-refractivity contribution is 7.99. The molecule has 0 spiro atoms. The van der Waals surface area contributed by atoms with Crippen LogP contribution in [-0.4, -0.2) is 67.8 Å². The summed E-state index contributed by atoms with van der Waals surface area (Å²) in [6.07, 6.45) is 1.24. The number of thioether (sulfide) groups is 1. The third-order valence-corrected chi connectivity index (χ3v) is 6.11. The second-order valence-corrected chi connectivity index (χ2v) is 7.50. The molecule has 3 rings (SSSR count). The average Bonchev–Trinajstić information content (AvgIpc) is 3.14. The van der Waals surface area contributed by atoms with Gasteiger partial charge < -0.3 is 15.4 Å². The molecule has 2 aliphatic heterocycles. The summed E-state index contributed by atoms with van der Waals surface area (Å²) < 4.78 is 5.53. The first kappa shape index (κ1) is 17.6. The standard InChI is InChI=1S/C18H28N4OS/c1-19-17(20-13-16-5-3-2-4-6-16)21-14-18(7-12-24-15-18)22-8-10-23-11-9-22/h2-6H,7-15H2,1H3,(H2,19,20,21). The zero-order chi connectivity index (χ0) is 16.7. The van der Waals surface area contributed by atoms with Gasteiger partial charge in [0.15, 0.2) is 5.96 Å². The Labute approximate surface area is 149 Å². The monoisotopic (exact) mass is 348 g/mol. The van der Waals surface area contributed by atoms with Crippen LogP contribution in [0.3, 0.4) is 0 Å². The van der Waals surface area contributed by atoms with Gasteiger partial charge in [0.2, 0.25) is 0 Å². The van der Waals surface area contributed by atoms with Crippen LogP contribution in [0.4, 0.5) is 0 Å². The van der Waals surface area contributed by atoms with Gasteiger partial charge in [0.25, 0.3) is 0 Å². The van der Waals surface area contributed by atoms with Crippen LogP contribution < -0.4 is 10.6 Å². The second-order valence-electron chi connectivity index (χ2n) is 6.39. The molecule has 1 aromatic rings. The topological polar surface area (TPSA) is 48.9 Å². The quantitative estimate of drug-likeness (QED) is 0.625. The van der Waals surface area contributed by atoms with E-state index in [-0.39, 0.29) is 5.54 Å². The Morgan fingerprint density at radius 3 is 2.71 bits per heavy atom. The molecular weight excluding hydrogens is 320 g/mol. The van der Waals surface area contributed by atoms with Crippen molar-refractivity contribution in [2.75, 3.05) is 51.4 Å². The molecule has 2 fully saturated rings. The lowest BCUT2D eigenvalue weighted by Gasteiger charge is -2.43. The van der Waals surface area contributed by atoms with Gasteiger partial charge in [0.05, 0.1) is 13.2 Å². The number of rotatable bonds is 5. The van der Waals surface area contributed by atoms with Gasteiger partial charge >= 0.3 is 0 Å². The minimum absolute atomic E-state index is 0.235. The summed E-state index contributed by atoms with van der Waals surface area (Å²) in [6, 6.07) is 10.4. The molecule has 0 bridgehead atoms. The van der Waals surface area contributed by atoms with Crippen molar-refractivity contribution in [2.24, 2.45) is 4.99 Å². The van der Waals surface area contributed by atoms with E-state index in [1.54, 1.807) is 0 Å². The molecular formula is C18H28N4OS. The highest BCUT2D eigenvalue weighted by Gasteiger charge is 2.40. The van der Waals surface area contributed by atoms with Gasteiger partial charge in [-0.2, -0.15) is 11.8 Å². The Morgan fingerprint density at radius 2 is 2.04 bits per heavy atom. The zero-order valence-corrected chi connectivity index (χ0v) is 15.3. The van der Waals surface area contributed by atoms with E-state index in [2.05, 4.69) is 56.6 Å². The van der Waals surface area contributed by atoms with Crippen LogP contribution in [0.25, 0.3) is 0 Å². The summed E-state index contributed by atoms with van der Waals surface area (Å²) in [4.78, 5) is 7.00. The molecule has 0 radical (unpaired) electrons. The van der Waals surface area contributed by atoms with E-state index >= 15 is 0 Å². The smallest absolute Gasteiger partial charge is 0.191 e. The molecule has 6 heteroatoms. The minimum Gasteiger partial charge on any atom is -0.379 e. The van der Waals surface area contributed by atoms with Gasteiger partial charge in [-0.25, -0.2) is 0 Å². The van der Waals surface area contributed by atoms with Crippen LogP contribution in [0, 0.1) is 0 Å². The number of aliphatic imine (C=N–C) groups is 1. The molecule has 2 N–H and O–H groups in total. The van der Waals surface area contributed by atoms with E-state index < -0.39 is 0 Å². The predicted octanol–water partition coefficient (Wildman–Crippen LogP) is 1.56. The first-order chi connectivity index (χ1) is 11.8. The summed E-state index contributed by atoms with van der Waals surface area (Å²) in [5.74, 6) is 3.31. The van der Waals surface area contributed by atoms with Crippen molar-refractivity contribution < 1.29 is 4.74 Å². The number of nitrogens with one attached hydrogen (secondary N) is 2. The Hall–Kier alpha value is -1.24. The van der Waals surface area contributed by atoms with E-state index in [0.717, 1.165) is 45.4 Å². The molecule has 0 aliphatic carbocycles. The van der Waals surface area contributed by atoms with Crippen molar-refractivity contribution >= 4 is 17.7 Å². The number of benzene rings is 1. The predicted molar refractivity (Wildman–Crippen MR) is 102 cm³/mol. The maximum Gasteiger partial charge on any atom is 0.191 e. The number of guanidine groups is 1. The number of hydrogen-bond donors (Lipinski definition) is 2. The van der Waals surface area contributed by atoms with Gasteiger partial charge in [0.1, 0.15) is 0 Å². The van der Waals surface area contributed by atoms with E-state index in [0.29, 0.717) is 0 Å². The van der Waals surface area contributed by atoms with E-state index in [1.165, 1.54) is 23.5 Å². The molecule has 132 valence electrons. The van der Waals surface area contributed by atoms with Crippen molar-refractivity contribution in [1.82, 2.24) is 15.5 Å². The van der Waals surface area contributed by atoms with E-state index in [4.69, 9.17) is 4.74 Å². The number of nitrogens with zero attached hydrogens (tertiary/aromatic N) is 2. The molecule has 1 atom stereocenters. The van der Waals surface area contributed by atoms with Crippen LogP contribution in [0.15, 0.2) is 35.3 Å². The van der Waals surface area contributed by atoms with Crippen LogP contribution in [0.2, 0.25) is 0 Å². The molecule has 2 heterocycles. The highest BCUT2D eigenvalue weighted by atomic mass is 32.2. The Balaban J connectivity index is 1.54. The Kier molecular flexibility index (Phi) is 6.40. The number of morpholine rings is 1. The van der Waals surface area contributed by atoms with Crippen LogP contribution in [0.1, 0.15) is 12.0 Å². The molecule has 0 amide bonds. The molecule has 1 aromatic carbocycles. The SMILES string of the molecule is CN=C(NCc1ccccc1)NCC1(N2CCOCC2)CCSC1. The van der Waals surface area contributed by atoms with Gasteiger partial charge in [-0.3, -0.25) is 9.89 Å². The van der Waals surface area contributed by atoms with Crippen LogP contribution in [-0.2, 0) is 11.3 Å². The number of hydrogen-bond acceptors (Lipinski definition) is 4. The lowest BCUT2D eigenvalue weighted by Crippen LogP contribution is -2.60. The van der Waals surface area contributed by atoms with Gasteiger partial charge in [-0.15, -0.1) is 0 Å². The minimum atomic E-state index is 0.235. The maximum atomic E-state index is 5.53. The second kappa shape index (κ2) is 8.74. The van der Waals surface area contributed by atoms with Crippen molar-refractivity contribution in [2.45, 2.75) is 18.5 Å². The first-order valence-electron chi connectivity index (χ1n) is 8.71. The summed E-state index contributed by atoms with van der Waals surface area (Å²) in [5.41, 5.74) is 1.50. The number of ether oxygens (including phenoxy) is 1. The van der Waals surface area contributed by atoms with E-state index in [9.17, 15) is 0 Å². The summed E-state index contributed by atoms with van der Waals surface area (Å²) in [7, 11) is 1.84. The highest BCUT2D eigenvalue weighted by Crippen LogP contribution is 2.33. The Morgan fingerprint density at radius 1 is 1.25 bits per heavy atom. The van der Waals surface area contributed by atoms with E-state index in [1.807, 2.05) is 13.1 Å². The summed E-state index contributed by atoms with van der Waals surface area (Å²) >= 11 is 2.06. The van der Waals surface area contributed by atoms with Crippen LogP contribution >= 0.6 is 11.8 Å². The molecule has 24 heavy (non-hydrogen) atoms. The average molecular weight is 349 g/mol. The van der Waals surface area contributed by atoms with Crippen molar-refractivity contribution in [3.8, 4) is 0 Å². The van der Waals surface area contributed by atoms with Crippen molar-refractivity contribution in [3.05, 3.63) is 35.9 Å². The summed E-state index contributed by atoms with van der Waals surface area (Å²) in [6.45, 7) is 5.52. The molecule has 5 nitrogen and oxygen atoms in total. The zero-order valence-electron chi connectivity index (χ0n) is 14.5. The van der Waals surface area contributed by atoms with Gasteiger partial charge in [-0.1, -0.05) is 30.3 Å². The van der Waals surface area contributed by atoms with Gasteiger partial charge in [0, 0.05) is 44.5 Å². The fourth-order valence-electron chi connectivity index (χ4n) is 3.39. The van der Waals surface area contributed by atoms with Crippen LogP contribution in [0.5, 0.6) is 0 Å². The van der Waals surface area contributed by atoms with Crippen molar-refractivity contribution in [1.29, 1.82) is 0 Å². The third kappa shape index (κ3) is 4.43. The lowest BCUT2D eigenvalue weighted by atomic mass is 9.95. The normalized spacial score (nSPS) is 25.6. The molecule has 0 aromatic heterocycles.